The van der Waals surface area contributed by atoms with Crippen LogP contribution in [0.5, 0.6) is 0 Å². The Balaban J connectivity index is 1.33. The first kappa shape index (κ1) is 18.3. The van der Waals surface area contributed by atoms with Crippen molar-refractivity contribution in [2.45, 2.75) is 57.9 Å². The lowest BCUT2D eigenvalue weighted by atomic mass is 9.96. The first-order chi connectivity index (χ1) is 13.8. The molecular formula is C21H28N8. The summed E-state index contributed by atoms with van der Waals surface area (Å²) in [5, 5.41) is 13.4. The van der Waals surface area contributed by atoms with Crippen molar-refractivity contribution in [3.63, 3.8) is 0 Å². The minimum atomic E-state index is -0.104. The molecule has 0 N–H and O–H groups in total. The highest BCUT2D eigenvalue weighted by atomic mass is 15.4. The number of hydrogen-bond donors (Lipinski definition) is 0. The average molecular weight is 393 g/mol. The van der Waals surface area contributed by atoms with Crippen molar-refractivity contribution < 1.29 is 0 Å². The smallest absolute Gasteiger partial charge is 0.178 e. The molecule has 2 aliphatic rings. The van der Waals surface area contributed by atoms with Gasteiger partial charge in [-0.2, -0.15) is 4.52 Å². The quantitative estimate of drug-likeness (QED) is 0.676. The van der Waals surface area contributed by atoms with Crippen molar-refractivity contribution in [3.05, 3.63) is 35.5 Å². The molecule has 3 aromatic rings. The van der Waals surface area contributed by atoms with E-state index in [2.05, 4.69) is 65.8 Å². The van der Waals surface area contributed by atoms with Gasteiger partial charge in [0, 0.05) is 43.2 Å². The Hall–Kier alpha value is -2.77. The number of rotatable bonds is 4. The fraction of sp³-hybridized carbons (Fsp3) is 0.571. The molecule has 5 rings (SSSR count). The van der Waals surface area contributed by atoms with Gasteiger partial charge >= 0.3 is 0 Å². The number of aromatic nitrogens is 6. The van der Waals surface area contributed by atoms with Gasteiger partial charge in [0.25, 0.3) is 0 Å². The summed E-state index contributed by atoms with van der Waals surface area (Å²) in [5.41, 5.74) is 1.73. The highest BCUT2D eigenvalue weighted by Gasteiger charge is 2.34. The van der Waals surface area contributed by atoms with Gasteiger partial charge in [0.05, 0.1) is 6.04 Å². The lowest BCUT2D eigenvalue weighted by Crippen LogP contribution is -2.59. The standard InChI is InChI=1S/C21H28N8/c1-13-10-18(23-19(22-13)14-6-7-14)27(5)15-11-28(12-15)17-9-8-16-24-25-20(21(2,3)4)29(16)26-17/h8-10,14-15H,6-7,11-12H2,1-5H3. The Labute approximate surface area is 171 Å². The third-order valence-electron chi connectivity index (χ3n) is 5.82. The summed E-state index contributed by atoms with van der Waals surface area (Å²) in [6, 6.07) is 6.53. The van der Waals surface area contributed by atoms with Crippen LogP contribution < -0.4 is 9.80 Å². The third-order valence-corrected chi connectivity index (χ3v) is 5.82. The molecule has 1 saturated carbocycles. The summed E-state index contributed by atoms with van der Waals surface area (Å²) >= 11 is 0. The number of fused-ring (bicyclic) bond motifs is 1. The van der Waals surface area contributed by atoms with Gasteiger partial charge in [-0.15, -0.1) is 15.3 Å². The summed E-state index contributed by atoms with van der Waals surface area (Å²) in [5.74, 6) is 4.45. The van der Waals surface area contributed by atoms with Crippen LogP contribution in [0.4, 0.5) is 11.6 Å². The number of aryl methyl sites for hydroxylation is 1. The van der Waals surface area contributed by atoms with E-state index in [0.717, 1.165) is 47.7 Å². The summed E-state index contributed by atoms with van der Waals surface area (Å²) in [6.45, 7) is 10.3. The Morgan fingerprint density at radius 2 is 1.83 bits per heavy atom. The van der Waals surface area contributed by atoms with E-state index < -0.39 is 0 Å². The van der Waals surface area contributed by atoms with Gasteiger partial charge in [0.15, 0.2) is 11.5 Å². The van der Waals surface area contributed by atoms with Gasteiger partial charge in [0.1, 0.15) is 17.5 Å². The molecule has 2 fully saturated rings. The molecule has 8 heteroatoms. The van der Waals surface area contributed by atoms with E-state index in [0.29, 0.717) is 12.0 Å². The van der Waals surface area contributed by atoms with E-state index in [-0.39, 0.29) is 5.41 Å². The maximum absolute atomic E-state index is 4.83. The van der Waals surface area contributed by atoms with Crippen LogP contribution in [0.3, 0.4) is 0 Å². The second kappa shape index (κ2) is 6.37. The molecule has 4 heterocycles. The molecule has 152 valence electrons. The molecule has 0 spiro atoms. The summed E-state index contributed by atoms with van der Waals surface area (Å²) in [4.78, 5) is 14.0. The normalized spacial score (nSPS) is 17.6. The summed E-state index contributed by atoms with van der Waals surface area (Å²) < 4.78 is 1.88. The Kier molecular flexibility index (Phi) is 4.01. The van der Waals surface area contributed by atoms with Crippen molar-refractivity contribution in [1.29, 1.82) is 0 Å². The Morgan fingerprint density at radius 3 is 2.52 bits per heavy atom. The van der Waals surface area contributed by atoms with Crippen LogP contribution in [0.15, 0.2) is 18.2 Å². The van der Waals surface area contributed by atoms with Crippen LogP contribution in [0, 0.1) is 6.92 Å². The average Bonchev–Trinajstić information content (AvgIpc) is 3.38. The van der Waals surface area contributed by atoms with Gasteiger partial charge < -0.3 is 9.80 Å². The third kappa shape index (κ3) is 3.30. The molecule has 1 aliphatic carbocycles. The fourth-order valence-electron chi connectivity index (χ4n) is 3.77. The molecule has 3 aromatic heterocycles. The minimum Gasteiger partial charge on any atom is -0.353 e. The molecular weight excluding hydrogens is 364 g/mol. The van der Waals surface area contributed by atoms with Gasteiger partial charge in [0.2, 0.25) is 0 Å². The van der Waals surface area contributed by atoms with Crippen LogP contribution in [-0.2, 0) is 5.41 Å². The molecule has 29 heavy (non-hydrogen) atoms. The van der Waals surface area contributed by atoms with Crippen molar-refractivity contribution in [2.75, 3.05) is 29.9 Å². The van der Waals surface area contributed by atoms with Gasteiger partial charge in [-0.1, -0.05) is 20.8 Å². The highest BCUT2D eigenvalue weighted by molar-refractivity contribution is 5.51. The predicted molar refractivity (Wildman–Crippen MR) is 113 cm³/mol. The van der Waals surface area contributed by atoms with E-state index in [9.17, 15) is 0 Å². The Bertz CT molecular complexity index is 1060. The maximum Gasteiger partial charge on any atom is 0.178 e. The monoisotopic (exact) mass is 392 g/mol. The van der Waals surface area contributed by atoms with Gasteiger partial charge in [-0.05, 0) is 31.9 Å². The van der Waals surface area contributed by atoms with Crippen molar-refractivity contribution in [1.82, 2.24) is 29.8 Å². The van der Waals surface area contributed by atoms with Gasteiger partial charge in [-0.25, -0.2) is 9.97 Å². The Morgan fingerprint density at radius 1 is 1.07 bits per heavy atom. The van der Waals surface area contributed by atoms with E-state index in [4.69, 9.17) is 10.1 Å². The lowest BCUT2D eigenvalue weighted by molar-refractivity contribution is 0.482. The number of hydrogen-bond acceptors (Lipinski definition) is 7. The van der Waals surface area contributed by atoms with Crippen molar-refractivity contribution in [3.8, 4) is 0 Å². The second-order valence-electron chi connectivity index (χ2n) is 9.40. The second-order valence-corrected chi connectivity index (χ2v) is 9.40. The van der Waals surface area contributed by atoms with Crippen LogP contribution in [0.25, 0.3) is 5.65 Å². The molecule has 0 bridgehead atoms. The van der Waals surface area contributed by atoms with E-state index in [1.54, 1.807) is 0 Å². The number of likely N-dealkylation sites (N-methyl/N-ethyl adjacent to an activating group) is 1. The molecule has 1 aliphatic heterocycles. The van der Waals surface area contributed by atoms with Crippen LogP contribution in [-0.4, -0.2) is 56.0 Å². The topological polar surface area (TPSA) is 75.3 Å². The number of nitrogens with zero attached hydrogens (tertiary/aromatic N) is 8. The zero-order chi connectivity index (χ0) is 20.3. The molecule has 0 radical (unpaired) electrons. The minimum absolute atomic E-state index is 0.104. The molecule has 1 saturated heterocycles. The van der Waals surface area contributed by atoms with Gasteiger partial charge in [-0.3, -0.25) is 0 Å². The van der Waals surface area contributed by atoms with Crippen molar-refractivity contribution >= 4 is 17.3 Å². The van der Waals surface area contributed by atoms with E-state index in [1.807, 2.05) is 16.6 Å². The zero-order valence-electron chi connectivity index (χ0n) is 17.8. The van der Waals surface area contributed by atoms with Crippen LogP contribution in [0.1, 0.15) is 56.9 Å². The molecule has 0 aromatic carbocycles. The molecule has 0 atom stereocenters. The molecule has 0 unspecified atom stereocenters. The lowest BCUT2D eigenvalue weighted by Gasteiger charge is -2.45. The summed E-state index contributed by atoms with van der Waals surface area (Å²) in [7, 11) is 2.13. The van der Waals surface area contributed by atoms with E-state index >= 15 is 0 Å². The van der Waals surface area contributed by atoms with Crippen LogP contribution in [0.2, 0.25) is 0 Å². The fourth-order valence-corrected chi connectivity index (χ4v) is 3.77. The van der Waals surface area contributed by atoms with Crippen LogP contribution >= 0.6 is 0 Å². The molecule has 0 amide bonds. The maximum atomic E-state index is 4.83. The SMILES string of the molecule is Cc1cc(N(C)C2CN(c3ccc4nnc(C(C)(C)C)n4n3)C2)nc(C2CC2)n1. The number of anilines is 2. The first-order valence-electron chi connectivity index (χ1n) is 10.4. The first-order valence-corrected chi connectivity index (χ1v) is 10.4. The van der Waals surface area contributed by atoms with Crippen molar-refractivity contribution in [2.24, 2.45) is 0 Å². The zero-order valence-corrected chi connectivity index (χ0v) is 17.8. The summed E-state index contributed by atoms with van der Waals surface area (Å²) in [6.07, 6.45) is 2.44. The largest absolute Gasteiger partial charge is 0.353 e. The predicted octanol–water partition coefficient (Wildman–Crippen LogP) is 2.72. The van der Waals surface area contributed by atoms with E-state index in [1.165, 1.54) is 12.8 Å². The highest BCUT2D eigenvalue weighted by Crippen LogP contribution is 2.39. The molecule has 8 nitrogen and oxygen atoms in total.